The summed E-state index contributed by atoms with van der Waals surface area (Å²) in [6.45, 7) is 5.89. The molecular formula is C16H19FN4. The summed E-state index contributed by atoms with van der Waals surface area (Å²) in [5.74, 6) is 0.727. The maximum atomic E-state index is 13.0. The standard InChI is InChI=1S/C16H19FN4/c1-12(13-2-4-15(17)5-3-13)14-10-19-16(20-11-14)21-8-6-18-7-9-21/h2-5,10-12,18H,6-9H2,1H3/t12-/m0/s1. The summed E-state index contributed by atoms with van der Waals surface area (Å²) in [5.41, 5.74) is 2.11. The topological polar surface area (TPSA) is 41.1 Å². The van der Waals surface area contributed by atoms with Crippen molar-refractivity contribution in [3.8, 4) is 0 Å². The fourth-order valence-corrected chi connectivity index (χ4v) is 2.53. The van der Waals surface area contributed by atoms with Crippen LogP contribution in [0.3, 0.4) is 0 Å². The van der Waals surface area contributed by atoms with E-state index in [9.17, 15) is 4.39 Å². The van der Waals surface area contributed by atoms with Crippen LogP contribution in [0.1, 0.15) is 24.0 Å². The van der Waals surface area contributed by atoms with Gasteiger partial charge in [0.15, 0.2) is 0 Å². The second-order valence-electron chi connectivity index (χ2n) is 5.33. The molecule has 110 valence electrons. The Kier molecular flexibility index (Phi) is 4.10. The molecule has 1 fully saturated rings. The maximum Gasteiger partial charge on any atom is 0.225 e. The van der Waals surface area contributed by atoms with E-state index < -0.39 is 0 Å². The molecule has 2 aromatic rings. The third-order valence-electron chi connectivity index (χ3n) is 3.93. The summed E-state index contributed by atoms with van der Waals surface area (Å²) >= 11 is 0. The number of halogens is 1. The van der Waals surface area contributed by atoms with E-state index in [1.54, 1.807) is 0 Å². The van der Waals surface area contributed by atoms with E-state index in [0.717, 1.165) is 43.3 Å². The average molecular weight is 286 g/mol. The largest absolute Gasteiger partial charge is 0.338 e. The van der Waals surface area contributed by atoms with Crippen molar-refractivity contribution < 1.29 is 4.39 Å². The third-order valence-corrected chi connectivity index (χ3v) is 3.93. The summed E-state index contributed by atoms with van der Waals surface area (Å²) in [5, 5.41) is 3.31. The van der Waals surface area contributed by atoms with Crippen LogP contribution in [0.5, 0.6) is 0 Å². The van der Waals surface area contributed by atoms with Gasteiger partial charge in [-0.15, -0.1) is 0 Å². The van der Waals surface area contributed by atoms with Crippen molar-refractivity contribution in [1.29, 1.82) is 0 Å². The van der Waals surface area contributed by atoms with Crippen molar-refractivity contribution in [1.82, 2.24) is 15.3 Å². The monoisotopic (exact) mass is 286 g/mol. The molecule has 2 heterocycles. The SMILES string of the molecule is C[C@@H](c1ccc(F)cc1)c1cnc(N2CCNCC2)nc1. The Bertz CT molecular complexity index is 576. The molecule has 0 amide bonds. The Morgan fingerprint density at radius 3 is 2.29 bits per heavy atom. The number of aromatic nitrogens is 2. The van der Waals surface area contributed by atoms with Crippen LogP contribution in [-0.2, 0) is 0 Å². The molecular weight excluding hydrogens is 267 g/mol. The second-order valence-corrected chi connectivity index (χ2v) is 5.33. The van der Waals surface area contributed by atoms with Crippen molar-refractivity contribution in [2.24, 2.45) is 0 Å². The van der Waals surface area contributed by atoms with Gasteiger partial charge in [0.05, 0.1) is 0 Å². The van der Waals surface area contributed by atoms with E-state index in [2.05, 4.69) is 27.1 Å². The highest BCUT2D eigenvalue weighted by Gasteiger charge is 2.14. The molecule has 5 heteroatoms. The van der Waals surface area contributed by atoms with Gasteiger partial charge in [0.1, 0.15) is 5.82 Å². The lowest BCUT2D eigenvalue weighted by molar-refractivity contribution is 0.579. The first-order valence-electron chi connectivity index (χ1n) is 7.27. The van der Waals surface area contributed by atoms with Crippen molar-refractivity contribution in [3.05, 3.63) is 53.6 Å². The molecule has 0 bridgehead atoms. The van der Waals surface area contributed by atoms with Gasteiger partial charge in [-0.2, -0.15) is 0 Å². The number of benzene rings is 1. The molecule has 0 radical (unpaired) electrons. The first-order chi connectivity index (χ1) is 10.2. The highest BCUT2D eigenvalue weighted by molar-refractivity contribution is 5.34. The first-order valence-corrected chi connectivity index (χ1v) is 7.27. The predicted octanol–water partition coefficient (Wildman–Crippen LogP) is 2.18. The van der Waals surface area contributed by atoms with E-state index in [4.69, 9.17) is 0 Å². The summed E-state index contributed by atoms with van der Waals surface area (Å²) in [4.78, 5) is 11.1. The first kappa shape index (κ1) is 13.9. The van der Waals surface area contributed by atoms with E-state index >= 15 is 0 Å². The number of hydrogen-bond donors (Lipinski definition) is 1. The van der Waals surface area contributed by atoms with Gasteiger partial charge in [0.25, 0.3) is 0 Å². The van der Waals surface area contributed by atoms with Gasteiger partial charge in [0.2, 0.25) is 5.95 Å². The molecule has 1 aliphatic heterocycles. The van der Waals surface area contributed by atoms with Gasteiger partial charge in [-0.3, -0.25) is 0 Å². The maximum absolute atomic E-state index is 13.0. The number of anilines is 1. The normalized spacial score (nSPS) is 16.8. The van der Waals surface area contributed by atoms with Crippen molar-refractivity contribution in [3.63, 3.8) is 0 Å². The zero-order chi connectivity index (χ0) is 14.7. The van der Waals surface area contributed by atoms with Gasteiger partial charge in [-0.25, -0.2) is 14.4 Å². The van der Waals surface area contributed by atoms with Crippen molar-refractivity contribution in [2.75, 3.05) is 31.1 Å². The molecule has 1 aliphatic rings. The number of piperazine rings is 1. The molecule has 4 nitrogen and oxygen atoms in total. The van der Waals surface area contributed by atoms with Gasteiger partial charge in [-0.1, -0.05) is 19.1 Å². The number of nitrogens with zero attached hydrogens (tertiary/aromatic N) is 3. The van der Waals surface area contributed by atoms with E-state index in [1.165, 1.54) is 12.1 Å². The lowest BCUT2D eigenvalue weighted by atomic mass is 9.95. The summed E-state index contributed by atoms with van der Waals surface area (Å²) in [7, 11) is 0. The molecule has 1 atom stereocenters. The van der Waals surface area contributed by atoms with Crippen LogP contribution in [0.15, 0.2) is 36.7 Å². The Morgan fingerprint density at radius 2 is 1.67 bits per heavy atom. The lowest BCUT2D eigenvalue weighted by Crippen LogP contribution is -2.44. The average Bonchev–Trinajstić information content (AvgIpc) is 2.56. The van der Waals surface area contributed by atoms with E-state index in [-0.39, 0.29) is 11.7 Å². The Labute approximate surface area is 124 Å². The molecule has 1 aromatic carbocycles. The number of nitrogens with one attached hydrogen (secondary N) is 1. The molecule has 1 saturated heterocycles. The van der Waals surface area contributed by atoms with Crippen molar-refractivity contribution in [2.45, 2.75) is 12.8 Å². The summed E-state index contributed by atoms with van der Waals surface area (Å²) in [6, 6.07) is 6.60. The van der Waals surface area contributed by atoms with Crippen LogP contribution in [0.2, 0.25) is 0 Å². The minimum atomic E-state index is -0.212. The zero-order valence-corrected chi connectivity index (χ0v) is 12.1. The number of hydrogen-bond acceptors (Lipinski definition) is 4. The molecule has 0 saturated carbocycles. The molecule has 0 aliphatic carbocycles. The Hall–Kier alpha value is -2.01. The van der Waals surface area contributed by atoms with Crippen LogP contribution >= 0.6 is 0 Å². The smallest absolute Gasteiger partial charge is 0.225 e. The molecule has 1 aromatic heterocycles. The fourth-order valence-electron chi connectivity index (χ4n) is 2.53. The van der Waals surface area contributed by atoms with Gasteiger partial charge in [-0.05, 0) is 23.3 Å². The van der Waals surface area contributed by atoms with Crippen molar-refractivity contribution >= 4 is 5.95 Å². The number of rotatable bonds is 3. The Balaban J connectivity index is 1.75. The molecule has 21 heavy (non-hydrogen) atoms. The summed E-state index contributed by atoms with van der Waals surface area (Å²) < 4.78 is 13.0. The van der Waals surface area contributed by atoms with E-state index in [1.807, 2.05) is 24.5 Å². The highest BCUT2D eigenvalue weighted by Crippen LogP contribution is 2.23. The molecule has 0 unspecified atom stereocenters. The minimum Gasteiger partial charge on any atom is -0.338 e. The van der Waals surface area contributed by atoms with Crippen LogP contribution in [0, 0.1) is 5.82 Å². The minimum absolute atomic E-state index is 0.155. The van der Waals surface area contributed by atoms with Crippen LogP contribution < -0.4 is 10.2 Å². The lowest BCUT2D eigenvalue weighted by Gasteiger charge is -2.27. The highest BCUT2D eigenvalue weighted by atomic mass is 19.1. The molecule has 1 N–H and O–H groups in total. The van der Waals surface area contributed by atoms with Crippen LogP contribution in [0.25, 0.3) is 0 Å². The van der Waals surface area contributed by atoms with Crippen LogP contribution in [0.4, 0.5) is 10.3 Å². The second kappa shape index (κ2) is 6.18. The Morgan fingerprint density at radius 1 is 1.05 bits per heavy atom. The third kappa shape index (κ3) is 3.19. The quantitative estimate of drug-likeness (QED) is 0.939. The van der Waals surface area contributed by atoms with Crippen LogP contribution in [-0.4, -0.2) is 36.1 Å². The van der Waals surface area contributed by atoms with Gasteiger partial charge < -0.3 is 10.2 Å². The van der Waals surface area contributed by atoms with Gasteiger partial charge >= 0.3 is 0 Å². The zero-order valence-electron chi connectivity index (χ0n) is 12.1. The molecule has 0 spiro atoms. The predicted molar refractivity (Wildman–Crippen MR) is 81.0 cm³/mol. The van der Waals surface area contributed by atoms with E-state index in [0.29, 0.717) is 0 Å². The summed E-state index contributed by atoms with van der Waals surface area (Å²) in [6.07, 6.45) is 3.75. The molecule has 3 rings (SSSR count). The fraction of sp³-hybridized carbons (Fsp3) is 0.375. The van der Waals surface area contributed by atoms with Gasteiger partial charge in [0, 0.05) is 44.5 Å².